The molecule has 33 heavy (non-hydrogen) atoms. The summed E-state index contributed by atoms with van der Waals surface area (Å²) < 4.78 is 35.2. The van der Waals surface area contributed by atoms with Crippen molar-refractivity contribution in [3.63, 3.8) is 0 Å². The Morgan fingerprint density at radius 1 is 0.818 bits per heavy atom. The number of hydrogen-bond donors (Lipinski definition) is 0. The van der Waals surface area contributed by atoms with Crippen molar-refractivity contribution in [3.8, 4) is 0 Å². The van der Waals surface area contributed by atoms with Gasteiger partial charge in [0.1, 0.15) is 6.61 Å². The van der Waals surface area contributed by atoms with Gasteiger partial charge in [0, 0.05) is 0 Å². The van der Waals surface area contributed by atoms with E-state index in [1.54, 1.807) is 13.8 Å². The highest BCUT2D eigenvalue weighted by Crippen LogP contribution is 2.30. The van der Waals surface area contributed by atoms with Crippen LogP contribution in [0.2, 0.25) is 0 Å². The summed E-state index contributed by atoms with van der Waals surface area (Å²) in [4.78, 5) is 15.3. The number of carbonyl (C=O) groups is 1. The van der Waals surface area contributed by atoms with E-state index in [1.165, 1.54) is 14.7 Å². The van der Waals surface area contributed by atoms with Crippen LogP contribution in [-0.4, -0.2) is 31.3 Å². The minimum atomic E-state index is -4.30. The van der Waals surface area contributed by atoms with Gasteiger partial charge in [0.15, 0.2) is 14.7 Å². The molecule has 176 valence electrons. The van der Waals surface area contributed by atoms with Crippen molar-refractivity contribution >= 4 is 27.0 Å². The van der Waals surface area contributed by atoms with Crippen molar-refractivity contribution in [3.05, 3.63) is 91.0 Å². The maximum absolute atomic E-state index is 11.3. The number of ether oxygens (including phenoxy) is 1. The van der Waals surface area contributed by atoms with Crippen LogP contribution in [0.4, 0.5) is 0 Å². The molecule has 3 aromatic rings. The predicted octanol–water partition coefficient (Wildman–Crippen LogP) is 5.29. The van der Waals surface area contributed by atoms with Gasteiger partial charge in [0.25, 0.3) is 0 Å². The smallest absolute Gasteiger partial charge is 0.311 e. The molecule has 0 aliphatic carbocycles. The SMILES string of the molecule is CCC(C)(C)C(=O)OCCS(=O)(=O)[O-].c1ccc([S+](c2ccccc2)c2ccccc2)cc1. The number of benzene rings is 3. The van der Waals surface area contributed by atoms with Crippen LogP contribution in [0.15, 0.2) is 106 Å². The second kappa shape index (κ2) is 12.6. The Morgan fingerprint density at radius 3 is 1.48 bits per heavy atom. The summed E-state index contributed by atoms with van der Waals surface area (Å²) in [6, 6.07) is 32.2. The average Bonchev–Trinajstić information content (AvgIpc) is 2.81. The van der Waals surface area contributed by atoms with Crippen LogP contribution in [0.3, 0.4) is 0 Å². The molecule has 0 radical (unpaired) electrons. The van der Waals surface area contributed by atoms with Crippen LogP contribution in [0, 0.1) is 5.41 Å². The van der Waals surface area contributed by atoms with Crippen molar-refractivity contribution in [1.29, 1.82) is 0 Å². The molecule has 0 heterocycles. The Bertz CT molecular complexity index is 989. The van der Waals surface area contributed by atoms with Crippen molar-refractivity contribution in [1.82, 2.24) is 0 Å². The molecule has 0 amide bonds. The lowest BCUT2D eigenvalue weighted by Gasteiger charge is -2.20. The first-order chi connectivity index (χ1) is 15.6. The van der Waals surface area contributed by atoms with E-state index in [-0.39, 0.29) is 17.5 Å². The Balaban J connectivity index is 0.000000248. The highest BCUT2D eigenvalue weighted by atomic mass is 32.2. The Kier molecular flexibility index (Phi) is 10.2. The molecular formula is C26H30O5S2. The van der Waals surface area contributed by atoms with Gasteiger partial charge in [-0.05, 0) is 56.7 Å². The van der Waals surface area contributed by atoms with E-state index in [0.29, 0.717) is 6.42 Å². The summed E-state index contributed by atoms with van der Waals surface area (Å²) in [7, 11) is -4.31. The van der Waals surface area contributed by atoms with Crippen molar-refractivity contribution in [2.45, 2.75) is 41.9 Å². The molecule has 0 aliphatic rings. The Morgan fingerprint density at radius 2 is 1.18 bits per heavy atom. The van der Waals surface area contributed by atoms with Crippen LogP contribution in [0.25, 0.3) is 0 Å². The third kappa shape index (κ3) is 9.04. The number of esters is 1. The summed E-state index contributed by atoms with van der Waals surface area (Å²) in [6.07, 6.45) is 0.593. The molecule has 0 aliphatic heterocycles. The van der Waals surface area contributed by atoms with Gasteiger partial charge in [0.05, 0.1) is 32.2 Å². The Hall–Kier alpha value is -2.61. The van der Waals surface area contributed by atoms with E-state index in [4.69, 9.17) is 0 Å². The lowest BCUT2D eigenvalue weighted by Crippen LogP contribution is -2.27. The Labute approximate surface area is 199 Å². The van der Waals surface area contributed by atoms with Crippen LogP contribution in [0.5, 0.6) is 0 Å². The highest BCUT2D eigenvalue weighted by molar-refractivity contribution is 7.97. The fourth-order valence-corrected chi connectivity index (χ4v) is 5.05. The van der Waals surface area contributed by atoms with Gasteiger partial charge in [-0.15, -0.1) is 0 Å². The fraction of sp³-hybridized carbons (Fsp3) is 0.269. The topological polar surface area (TPSA) is 83.5 Å². The summed E-state index contributed by atoms with van der Waals surface area (Å²) in [6.45, 7) is 4.85. The minimum absolute atomic E-state index is 0.0146. The molecular weight excluding hydrogens is 456 g/mol. The fourth-order valence-electron chi connectivity index (χ4n) is 2.65. The van der Waals surface area contributed by atoms with Crippen molar-refractivity contribution in [2.24, 2.45) is 5.41 Å². The molecule has 0 saturated carbocycles. The summed E-state index contributed by atoms with van der Waals surface area (Å²) in [5, 5.41) is 0. The highest BCUT2D eigenvalue weighted by Gasteiger charge is 2.28. The first kappa shape index (κ1) is 26.6. The molecule has 0 aromatic heterocycles. The van der Waals surface area contributed by atoms with E-state index in [9.17, 15) is 17.8 Å². The number of rotatable bonds is 8. The van der Waals surface area contributed by atoms with Gasteiger partial charge in [-0.2, -0.15) is 0 Å². The standard InChI is InChI=1S/C18H15S.C8H16O5S/c1-4-10-16(11-5-1)19(17-12-6-2-7-13-17)18-14-8-3-9-15-18;1-4-8(2,3)7(9)13-5-6-14(10,11)12/h1-15H;4-6H2,1-3H3,(H,10,11,12)/q+1;/p-1. The van der Waals surface area contributed by atoms with Gasteiger partial charge in [0.2, 0.25) is 0 Å². The molecule has 7 heteroatoms. The van der Waals surface area contributed by atoms with E-state index in [2.05, 4.69) is 95.7 Å². The number of hydrogen-bond acceptors (Lipinski definition) is 5. The average molecular weight is 487 g/mol. The largest absolute Gasteiger partial charge is 0.748 e. The normalized spacial score (nSPS) is 11.4. The monoisotopic (exact) mass is 486 g/mol. The van der Waals surface area contributed by atoms with Crippen molar-refractivity contribution in [2.75, 3.05) is 12.4 Å². The zero-order chi connectivity index (χ0) is 24.3. The van der Waals surface area contributed by atoms with Crippen LogP contribution in [-0.2, 0) is 30.5 Å². The molecule has 0 spiro atoms. The lowest BCUT2D eigenvalue weighted by atomic mass is 9.91. The van der Waals surface area contributed by atoms with Crippen LogP contribution in [0.1, 0.15) is 27.2 Å². The molecule has 0 fully saturated rings. The minimum Gasteiger partial charge on any atom is -0.748 e. The quantitative estimate of drug-likeness (QED) is 0.245. The summed E-state index contributed by atoms with van der Waals surface area (Å²) in [5.74, 6) is -1.15. The van der Waals surface area contributed by atoms with Crippen molar-refractivity contribution < 1.29 is 22.5 Å². The van der Waals surface area contributed by atoms with Crippen LogP contribution >= 0.6 is 0 Å². The lowest BCUT2D eigenvalue weighted by molar-refractivity contribution is -0.153. The van der Waals surface area contributed by atoms with Gasteiger partial charge in [-0.1, -0.05) is 61.5 Å². The molecule has 0 atom stereocenters. The molecule has 0 unspecified atom stereocenters. The first-order valence-electron chi connectivity index (χ1n) is 10.6. The maximum Gasteiger partial charge on any atom is 0.311 e. The molecule has 5 nitrogen and oxygen atoms in total. The summed E-state index contributed by atoms with van der Waals surface area (Å²) >= 11 is 0. The second-order valence-electron chi connectivity index (χ2n) is 7.88. The first-order valence-corrected chi connectivity index (χ1v) is 13.4. The molecule has 3 aromatic carbocycles. The zero-order valence-electron chi connectivity index (χ0n) is 19.1. The third-order valence-corrected chi connectivity index (χ3v) is 7.84. The van der Waals surface area contributed by atoms with Gasteiger partial charge in [-0.3, -0.25) is 4.79 Å². The summed E-state index contributed by atoms with van der Waals surface area (Å²) in [5.41, 5.74) is -0.632. The van der Waals surface area contributed by atoms with Crippen LogP contribution < -0.4 is 0 Å². The maximum atomic E-state index is 11.3. The third-order valence-electron chi connectivity index (χ3n) is 4.94. The van der Waals surface area contributed by atoms with E-state index in [0.717, 1.165) is 0 Å². The van der Waals surface area contributed by atoms with E-state index < -0.39 is 27.3 Å². The molecule has 3 rings (SSSR count). The second-order valence-corrected chi connectivity index (χ2v) is 11.4. The molecule has 0 saturated heterocycles. The molecule has 0 N–H and O–H groups in total. The van der Waals surface area contributed by atoms with Gasteiger partial charge < -0.3 is 9.29 Å². The number of carbonyl (C=O) groups excluding carboxylic acids is 1. The zero-order valence-corrected chi connectivity index (χ0v) is 20.8. The van der Waals surface area contributed by atoms with Gasteiger partial charge in [-0.25, -0.2) is 8.42 Å². The van der Waals surface area contributed by atoms with Gasteiger partial charge >= 0.3 is 5.97 Å². The van der Waals surface area contributed by atoms with E-state index >= 15 is 0 Å². The predicted molar refractivity (Wildman–Crippen MR) is 131 cm³/mol. The van der Waals surface area contributed by atoms with E-state index in [1.807, 2.05) is 6.92 Å². The molecule has 0 bridgehead atoms.